The molecule has 0 saturated carbocycles. The zero-order valence-electron chi connectivity index (χ0n) is 53.9. The summed E-state index contributed by atoms with van der Waals surface area (Å²) >= 11 is 0. The van der Waals surface area contributed by atoms with Crippen molar-refractivity contribution >= 4 is 17.9 Å². The summed E-state index contributed by atoms with van der Waals surface area (Å²) in [6.07, 6.45) is 87.2. The first-order valence-electron chi connectivity index (χ1n) is 35.6. The molecule has 0 aromatic rings. The third-order valence-electron chi connectivity index (χ3n) is 16.1. The summed E-state index contributed by atoms with van der Waals surface area (Å²) in [5.41, 5.74) is 0. The molecule has 0 N–H and O–H groups in total. The Morgan fingerprint density at radius 1 is 0.250 bits per heavy atom. The number of hydrogen-bond acceptors (Lipinski definition) is 6. The average molecular weight is 1120 g/mol. The van der Waals surface area contributed by atoms with E-state index in [0.29, 0.717) is 19.3 Å². The SMILES string of the molecule is CCCCCCC/C=C\C/C=C\C/C=C\CCCCCCCCCCCCCCC(=O)OCC(COC(=O)CCCCCCCCCCCC)OC(=O)CCCCCCCCCCCCCCC/C=C\CCCCCCCCCC. The lowest BCUT2D eigenvalue weighted by atomic mass is 10.0. The number of carbonyl (C=O) groups excluding carboxylic acids is 3. The summed E-state index contributed by atoms with van der Waals surface area (Å²) < 4.78 is 17.0. The number of unbranched alkanes of at least 4 members (excludes halogenated alkanes) is 47. The van der Waals surface area contributed by atoms with E-state index in [1.165, 1.54) is 276 Å². The van der Waals surface area contributed by atoms with E-state index in [4.69, 9.17) is 14.2 Å². The molecule has 0 aromatic carbocycles. The van der Waals surface area contributed by atoms with Crippen LogP contribution in [0.3, 0.4) is 0 Å². The minimum Gasteiger partial charge on any atom is -0.462 e. The van der Waals surface area contributed by atoms with Crippen LogP contribution in [0.2, 0.25) is 0 Å². The van der Waals surface area contributed by atoms with E-state index in [-0.39, 0.29) is 31.1 Å². The third kappa shape index (κ3) is 66.2. The molecule has 0 aliphatic heterocycles. The number of rotatable bonds is 66. The predicted octanol–water partition coefficient (Wildman–Crippen LogP) is 24.5. The van der Waals surface area contributed by atoms with Crippen molar-refractivity contribution in [3.05, 3.63) is 48.6 Å². The Hall–Kier alpha value is -2.63. The molecule has 6 nitrogen and oxygen atoms in total. The van der Waals surface area contributed by atoms with E-state index in [9.17, 15) is 14.4 Å². The number of esters is 3. The highest BCUT2D eigenvalue weighted by atomic mass is 16.6. The van der Waals surface area contributed by atoms with Crippen LogP contribution in [0.5, 0.6) is 0 Å². The van der Waals surface area contributed by atoms with Crippen LogP contribution in [0.1, 0.15) is 387 Å². The molecule has 0 bridgehead atoms. The van der Waals surface area contributed by atoms with E-state index >= 15 is 0 Å². The van der Waals surface area contributed by atoms with Crippen molar-refractivity contribution in [2.24, 2.45) is 0 Å². The zero-order chi connectivity index (χ0) is 57.8. The molecule has 468 valence electrons. The van der Waals surface area contributed by atoms with E-state index in [1.807, 2.05) is 0 Å². The van der Waals surface area contributed by atoms with Crippen LogP contribution in [0.4, 0.5) is 0 Å². The molecule has 1 atom stereocenters. The maximum atomic E-state index is 12.9. The standard InChI is InChI=1S/C74H136O6/c1-4-7-10-13-16-19-22-24-26-28-30-32-34-36-37-39-40-42-44-46-48-50-52-55-58-61-64-67-73(76)79-70-71(69-78-72(75)66-63-60-57-54-21-18-15-12-9-6-3)80-74(77)68-65-62-59-56-53-51-49-47-45-43-41-38-35-33-31-29-27-25-23-20-17-14-11-8-5-2/h22,24,28-31,34,36,71H,4-21,23,25-27,32-33,35,37-70H2,1-3H3/b24-22-,30-28-,31-29-,36-34-. The molecule has 0 radical (unpaired) electrons. The summed E-state index contributed by atoms with van der Waals surface area (Å²) in [4.78, 5) is 38.3. The highest BCUT2D eigenvalue weighted by molar-refractivity contribution is 5.71. The summed E-state index contributed by atoms with van der Waals surface area (Å²) in [6, 6.07) is 0. The zero-order valence-corrected chi connectivity index (χ0v) is 53.9. The van der Waals surface area contributed by atoms with Gasteiger partial charge >= 0.3 is 17.9 Å². The lowest BCUT2D eigenvalue weighted by Crippen LogP contribution is -2.30. The monoisotopic (exact) mass is 1120 g/mol. The molecular weight excluding hydrogens is 985 g/mol. The van der Waals surface area contributed by atoms with Crippen molar-refractivity contribution in [2.75, 3.05) is 13.2 Å². The highest BCUT2D eigenvalue weighted by Crippen LogP contribution is 2.18. The van der Waals surface area contributed by atoms with Crippen molar-refractivity contribution in [2.45, 2.75) is 393 Å². The first-order chi connectivity index (χ1) is 39.5. The molecule has 0 aliphatic rings. The fourth-order valence-corrected chi connectivity index (χ4v) is 10.7. The van der Waals surface area contributed by atoms with Crippen molar-refractivity contribution in [1.29, 1.82) is 0 Å². The normalized spacial score (nSPS) is 12.3. The maximum absolute atomic E-state index is 12.9. The molecule has 0 amide bonds. The minimum absolute atomic E-state index is 0.0689. The third-order valence-corrected chi connectivity index (χ3v) is 16.1. The Balaban J connectivity index is 4.16. The van der Waals surface area contributed by atoms with Crippen LogP contribution in [-0.4, -0.2) is 37.2 Å². The molecule has 0 heterocycles. The van der Waals surface area contributed by atoms with Crippen LogP contribution in [0, 0.1) is 0 Å². The van der Waals surface area contributed by atoms with Gasteiger partial charge in [-0.2, -0.15) is 0 Å². The summed E-state index contributed by atoms with van der Waals surface area (Å²) in [5.74, 6) is -0.848. The van der Waals surface area contributed by atoms with Crippen LogP contribution in [0.25, 0.3) is 0 Å². The average Bonchev–Trinajstić information content (AvgIpc) is 3.46. The fourth-order valence-electron chi connectivity index (χ4n) is 10.7. The van der Waals surface area contributed by atoms with Crippen LogP contribution in [0.15, 0.2) is 48.6 Å². The van der Waals surface area contributed by atoms with Crippen LogP contribution in [-0.2, 0) is 28.6 Å². The van der Waals surface area contributed by atoms with Crippen molar-refractivity contribution in [3.63, 3.8) is 0 Å². The topological polar surface area (TPSA) is 78.9 Å². The molecule has 80 heavy (non-hydrogen) atoms. The summed E-state index contributed by atoms with van der Waals surface area (Å²) in [7, 11) is 0. The van der Waals surface area contributed by atoms with Gasteiger partial charge in [-0.25, -0.2) is 0 Å². The highest BCUT2D eigenvalue weighted by Gasteiger charge is 2.19. The Labute approximate surface area is 498 Å². The maximum Gasteiger partial charge on any atom is 0.306 e. The second-order valence-corrected chi connectivity index (χ2v) is 24.1. The lowest BCUT2D eigenvalue weighted by molar-refractivity contribution is -0.167. The number of carbonyl (C=O) groups is 3. The van der Waals surface area contributed by atoms with Crippen LogP contribution < -0.4 is 0 Å². The van der Waals surface area contributed by atoms with Crippen molar-refractivity contribution < 1.29 is 28.6 Å². The minimum atomic E-state index is -0.772. The Kier molecular flexibility index (Phi) is 66.6. The Morgan fingerprint density at radius 2 is 0.450 bits per heavy atom. The Morgan fingerprint density at radius 3 is 0.713 bits per heavy atom. The van der Waals surface area contributed by atoms with Gasteiger partial charge in [0.05, 0.1) is 0 Å². The van der Waals surface area contributed by atoms with Gasteiger partial charge in [0, 0.05) is 19.3 Å². The van der Waals surface area contributed by atoms with Crippen LogP contribution >= 0.6 is 0 Å². The van der Waals surface area contributed by atoms with Gasteiger partial charge in [0.2, 0.25) is 0 Å². The van der Waals surface area contributed by atoms with Gasteiger partial charge in [0.1, 0.15) is 13.2 Å². The van der Waals surface area contributed by atoms with E-state index < -0.39 is 6.10 Å². The molecular formula is C74H136O6. The van der Waals surface area contributed by atoms with Gasteiger partial charge in [-0.1, -0.05) is 333 Å². The predicted molar refractivity (Wildman–Crippen MR) is 349 cm³/mol. The lowest BCUT2D eigenvalue weighted by Gasteiger charge is -2.18. The molecule has 0 aliphatic carbocycles. The van der Waals surface area contributed by atoms with Gasteiger partial charge in [0.25, 0.3) is 0 Å². The molecule has 0 aromatic heterocycles. The largest absolute Gasteiger partial charge is 0.462 e. The van der Waals surface area contributed by atoms with Gasteiger partial charge in [-0.3, -0.25) is 14.4 Å². The summed E-state index contributed by atoms with van der Waals surface area (Å²) in [5, 5.41) is 0. The first kappa shape index (κ1) is 77.4. The van der Waals surface area contributed by atoms with Crippen molar-refractivity contribution in [3.8, 4) is 0 Å². The van der Waals surface area contributed by atoms with Gasteiger partial charge in [0.15, 0.2) is 6.10 Å². The molecule has 0 spiro atoms. The quantitative estimate of drug-likeness (QED) is 0.0261. The van der Waals surface area contributed by atoms with E-state index in [1.54, 1.807) is 0 Å². The molecule has 0 rings (SSSR count). The number of allylic oxidation sites excluding steroid dienone is 8. The van der Waals surface area contributed by atoms with Gasteiger partial charge < -0.3 is 14.2 Å². The smallest absolute Gasteiger partial charge is 0.306 e. The second kappa shape index (κ2) is 68.9. The van der Waals surface area contributed by atoms with Gasteiger partial charge in [-0.15, -0.1) is 0 Å². The van der Waals surface area contributed by atoms with Crippen molar-refractivity contribution in [1.82, 2.24) is 0 Å². The molecule has 6 heteroatoms. The second-order valence-electron chi connectivity index (χ2n) is 24.1. The Bertz CT molecular complexity index is 1380. The molecule has 0 saturated heterocycles. The fraction of sp³-hybridized carbons (Fsp3) is 0.851. The van der Waals surface area contributed by atoms with E-state index in [0.717, 1.165) is 70.6 Å². The molecule has 0 fully saturated rings. The summed E-state index contributed by atoms with van der Waals surface area (Å²) in [6.45, 7) is 6.68. The van der Waals surface area contributed by atoms with Gasteiger partial charge in [-0.05, 0) is 83.5 Å². The number of hydrogen-bond donors (Lipinski definition) is 0. The number of ether oxygens (including phenoxy) is 3. The first-order valence-corrected chi connectivity index (χ1v) is 35.6. The molecule has 1 unspecified atom stereocenters. The van der Waals surface area contributed by atoms with E-state index in [2.05, 4.69) is 69.4 Å².